The minimum Gasteiger partial charge on any atom is -0.497 e. The van der Waals surface area contributed by atoms with Gasteiger partial charge in [-0.1, -0.05) is 17.4 Å². The second-order valence-electron chi connectivity index (χ2n) is 6.57. The highest BCUT2D eigenvalue weighted by molar-refractivity contribution is 7.22. The lowest BCUT2D eigenvalue weighted by Crippen LogP contribution is -2.26. The lowest BCUT2D eigenvalue weighted by molar-refractivity contribution is 0.0986. The van der Waals surface area contributed by atoms with E-state index < -0.39 is 0 Å². The van der Waals surface area contributed by atoms with Gasteiger partial charge < -0.3 is 14.2 Å². The summed E-state index contributed by atoms with van der Waals surface area (Å²) >= 11 is 2.91. The number of rotatable bonds is 5. The number of hydrazone groups is 1. The SMILES string of the molecule is COc1ccc2nc(N(/N=C/c3cccs3)C(=O)c3ccc4c(c3)OCCO4)sc2c1. The predicted molar refractivity (Wildman–Crippen MR) is 122 cm³/mol. The van der Waals surface area contributed by atoms with E-state index in [1.165, 1.54) is 27.7 Å². The maximum absolute atomic E-state index is 13.5. The molecule has 5 rings (SSSR count). The second kappa shape index (κ2) is 8.37. The molecule has 0 radical (unpaired) electrons. The topological polar surface area (TPSA) is 73.2 Å². The number of ether oxygens (including phenoxy) is 3. The third kappa shape index (κ3) is 3.97. The molecule has 9 heteroatoms. The number of methoxy groups -OCH3 is 1. The number of amides is 1. The maximum atomic E-state index is 13.5. The van der Waals surface area contributed by atoms with Crippen molar-refractivity contribution in [1.29, 1.82) is 0 Å². The molecule has 1 aliphatic heterocycles. The number of thiazole rings is 1. The van der Waals surface area contributed by atoms with Gasteiger partial charge in [-0.15, -0.1) is 11.3 Å². The van der Waals surface area contributed by atoms with Crippen LogP contribution in [-0.2, 0) is 0 Å². The molecule has 0 fully saturated rings. The minimum absolute atomic E-state index is 0.309. The first-order chi connectivity index (χ1) is 15.2. The molecule has 0 saturated heterocycles. The van der Waals surface area contributed by atoms with Crippen LogP contribution in [-0.4, -0.2) is 37.4 Å². The zero-order valence-corrected chi connectivity index (χ0v) is 18.1. The molecule has 0 unspecified atom stereocenters. The normalized spacial score (nSPS) is 12.9. The number of aromatic nitrogens is 1. The molecular weight excluding hydrogens is 434 g/mol. The second-order valence-corrected chi connectivity index (χ2v) is 8.55. The van der Waals surface area contributed by atoms with E-state index in [2.05, 4.69) is 10.1 Å². The van der Waals surface area contributed by atoms with Crippen LogP contribution in [0.25, 0.3) is 10.2 Å². The average molecular weight is 452 g/mol. The fraction of sp³-hybridized carbons (Fsp3) is 0.136. The molecule has 156 valence electrons. The highest BCUT2D eigenvalue weighted by Gasteiger charge is 2.23. The van der Waals surface area contributed by atoms with E-state index in [1.54, 1.807) is 31.5 Å². The smallest absolute Gasteiger partial charge is 0.280 e. The highest BCUT2D eigenvalue weighted by atomic mass is 32.1. The van der Waals surface area contributed by atoms with Crippen LogP contribution in [0.15, 0.2) is 59.0 Å². The fourth-order valence-electron chi connectivity index (χ4n) is 3.08. The van der Waals surface area contributed by atoms with Gasteiger partial charge in [-0.3, -0.25) is 4.79 Å². The van der Waals surface area contributed by atoms with E-state index in [4.69, 9.17) is 14.2 Å². The van der Waals surface area contributed by atoms with Gasteiger partial charge in [-0.2, -0.15) is 10.1 Å². The zero-order chi connectivity index (χ0) is 21.2. The molecule has 0 atom stereocenters. The molecule has 4 aromatic rings. The Morgan fingerprint density at radius 2 is 2.03 bits per heavy atom. The standard InChI is InChI=1S/C22H17N3O4S2/c1-27-15-5-6-17-20(12-15)31-22(24-17)25(23-13-16-3-2-10-30-16)21(26)14-4-7-18-19(11-14)29-9-8-28-18/h2-7,10-13H,8-9H2,1H3/b23-13+. The predicted octanol–water partition coefficient (Wildman–Crippen LogP) is 4.82. The average Bonchev–Trinajstić information content (AvgIpc) is 3.48. The summed E-state index contributed by atoms with van der Waals surface area (Å²) in [5.74, 6) is 1.60. The van der Waals surface area contributed by atoms with Crippen molar-refractivity contribution in [3.8, 4) is 17.2 Å². The Kier molecular flexibility index (Phi) is 5.27. The number of hydrogen-bond donors (Lipinski definition) is 0. The summed E-state index contributed by atoms with van der Waals surface area (Å²) < 4.78 is 17.4. The van der Waals surface area contributed by atoms with Gasteiger partial charge >= 0.3 is 0 Å². The van der Waals surface area contributed by atoms with Gasteiger partial charge in [0.15, 0.2) is 11.5 Å². The van der Waals surface area contributed by atoms with Gasteiger partial charge in [0.2, 0.25) is 5.13 Å². The van der Waals surface area contributed by atoms with Gasteiger partial charge in [-0.05, 0) is 47.8 Å². The van der Waals surface area contributed by atoms with Gasteiger partial charge in [-0.25, -0.2) is 4.98 Å². The first-order valence-electron chi connectivity index (χ1n) is 9.47. The van der Waals surface area contributed by atoms with Crippen molar-refractivity contribution in [2.45, 2.75) is 0 Å². The number of nitrogens with zero attached hydrogens (tertiary/aromatic N) is 3. The minimum atomic E-state index is -0.309. The molecule has 2 aromatic heterocycles. The van der Waals surface area contributed by atoms with Crippen LogP contribution in [0, 0.1) is 0 Å². The van der Waals surface area contributed by atoms with E-state index >= 15 is 0 Å². The summed E-state index contributed by atoms with van der Waals surface area (Å²) in [5, 5.41) is 8.22. The molecule has 2 aromatic carbocycles. The van der Waals surface area contributed by atoms with Crippen LogP contribution in [0.2, 0.25) is 0 Å². The summed E-state index contributed by atoms with van der Waals surface area (Å²) in [4.78, 5) is 19.0. The van der Waals surface area contributed by atoms with E-state index in [-0.39, 0.29) is 5.91 Å². The molecule has 0 spiro atoms. The number of thiophene rings is 1. The number of carbonyl (C=O) groups is 1. The quantitative estimate of drug-likeness (QED) is 0.321. The Balaban J connectivity index is 1.54. The Morgan fingerprint density at radius 3 is 2.84 bits per heavy atom. The first kappa shape index (κ1) is 19.5. The molecule has 0 aliphatic carbocycles. The first-order valence-corrected chi connectivity index (χ1v) is 11.2. The van der Waals surface area contributed by atoms with Gasteiger partial charge in [0.05, 0.1) is 23.5 Å². The van der Waals surface area contributed by atoms with E-state index in [0.717, 1.165) is 20.8 Å². The molecular formula is C22H17N3O4S2. The molecule has 0 bridgehead atoms. The summed E-state index contributed by atoms with van der Waals surface area (Å²) in [6, 6.07) is 14.6. The van der Waals surface area contributed by atoms with Crippen LogP contribution in [0.3, 0.4) is 0 Å². The summed E-state index contributed by atoms with van der Waals surface area (Å²) in [6.07, 6.45) is 1.66. The highest BCUT2D eigenvalue weighted by Crippen LogP contribution is 2.34. The van der Waals surface area contributed by atoms with Crippen LogP contribution < -0.4 is 19.2 Å². The van der Waals surface area contributed by atoms with Crippen molar-refractivity contribution in [2.24, 2.45) is 5.10 Å². The summed E-state index contributed by atoms with van der Waals surface area (Å²) in [6.45, 7) is 0.942. The van der Waals surface area contributed by atoms with Crippen LogP contribution in [0.1, 0.15) is 15.2 Å². The van der Waals surface area contributed by atoms with Crippen molar-refractivity contribution in [1.82, 2.24) is 4.98 Å². The molecule has 7 nitrogen and oxygen atoms in total. The third-order valence-electron chi connectivity index (χ3n) is 4.59. The van der Waals surface area contributed by atoms with Gasteiger partial charge in [0.25, 0.3) is 5.91 Å². The Morgan fingerprint density at radius 1 is 1.16 bits per heavy atom. The zero-order valence-electron chi connectivity index (χ0n) is 16.5. The van der Waals surface area contributed by atoms with Gasteiger partial charge in [0, 0.05) is 10.4 Å². The number of benzene rings is 2. The van der Waals surface area contributed by atoms with E-state index in [9.17, 15) is 4.79 Å². The lowest BCUT2D eigenvalue weighted by atomic mass is 10.2. The monoisotopic (exact) mass is 451 g/mol. The largest absolute Gasteiger partial charge is 0.497 e. The molecule has 31 heavy (non-hydrogen) atoms. The van der Waals surface area contributed by atoms with E-state index in [0.29, 0.717) is 35.4 Å². The van der Waals surface area contributed by atoms with E-state index in [1.807, 2.05) is 35.7 Å². The van der Waals surface area contributed by atoms with Crippen LogP contribution >= 0.6 is 22.7 Å². The fourth-order valence-corrected chi connectivity index (χ4v) is 4.61. The third-order valence-corrected chi connectivity index (χ3v) is 6.39. The molecule has 0 saturated carbocycles. The number of carbonyl (C=O) groups excluding carboxylic acids is 1. The Bertz CT molecular complexity index is 1270. The number of fused-ring (bicyclic) bond motifs is 2. The number of anilines is 1. The molecule has 1 amide bonds. The molecule has 3 heterocycles. The summed E-state index contributed by atoms with van der Waals surface area (Å²) in [7, 11) is 1.62. The number of hydrogen-bond acceptors (Lipinski definition) is 8. The van der Waals surface area contributed by atoms with Crippen molar-refractivity contribution in [3.63, 3.8) is 0 Å². The van der Waals surface area contributed by atoms with Crippen molar-refractivity contribution >= 4 is 50.1 Å². The maximum Gasteiger partial charge on any atom is 0.280 e. The molecule has 0 N–H and O–H groups in total. The summed E-state index contributed by atoms with van der Waals surface area (Å²) in [5.41, 5.74) is 1.21. The van der Waals surface area contributed by atoms with Crippen molar-refractivity contribution in [3.05, 3.63) is 64.4 Å². The molecule has 1 aliphatic rings. The Hall–Kier alpha value is -3.43. The van der Waals surface area contributed by atoms with Crippen LogP contribution in [0.5, 0.6) is 17.2 Å². The van der Waals surface area contributed by atoms with Crippen LogP contribution in [0.4, 0.5) is 5.13 Å². The lowest BCUT2D eigenvalue weighted by Gasteiger charge is -2.19. The van der Waals surface area contributed by atoms with Crippen molar-refractivity contribution in [2.75, 3.05) is 25.3 Å². The van der Waals surface area contributed by atoms with Crippen molar-refractivity contribution < 1.29 is 19.0 Å². The Labute approximate surface area is 186 Å². The van der Waals surface area contributed by atoms with Gasteiger partial charge in [0.1, 0.15) is 19.0 Å².